The Morgan fingerprint density at radius 2 is 2.08 bits per heavy atom. The molecule has 12 heavy (non-hydrogen) atoms. The maximum atomic E-state index is 11.7. The van der Waals surface area contributed by atoms with Crippen molar-refractivity contribution in [1.82, 2.24) is 0 Å². The number of ether oxygens (including phenoxy) is 1. The van der Waals surface area contributed by atoms with Crippen molar-refractivity contribution in [2.75, 3.05) is 6.61 Å². The standard InChI is InChI=1S/C6H8BrF3O2/c1-2-12-5(11)4(7)3-6(8,9)10/h4H,2-3H2,1H3/t4-/m0/s1. The van der Waals surface area contributed by atoms with Gasteiger partial charge in [0.25, 0.3) is 0 Å². The number of carbonyl (C=O) groups is 1. The Kier molecular flexibility index (Phi) is 4.59. The van der Waals surface area contributed by atoms with Crippen LogP contribution in [0.4, 0.5) is 13.2 Å². The van der Waals surface area contributed by atoms with E-state index >= 15 is 0 Å². The number of hydrogen-bond donors (Lipinski definition) is 0. The van der Waals surface area contributed by atoms with Crippen LogP contribution >= 0.6 is 15.9 Å². The summed E-state index contributed by atoms with van der Waals surface area (Å²) in [4.78, 5) is 9.36. The zero-order valence-corrected chi connectivity index (χ0v) is 7.91. The molecule has 0 aliphatic carbocycles. The third-order valence-corrected chi connectivity index (χ3v) is 1.65. The monoisotopic (exact) mass is 248 g/mol. The number of hydrogen-bond acceptors (Lipinski definition) is 2. The second kappa shape index (κ2) is 4.69. The molecule has 0 heterocycles. The van der Waals surface area contributed by atoms with Gasteiger partial charge in [-0.1, -0.05) is 15.9 Å². The molecular weight excluding hydrogens is 241 g/mol. The Balaban J connectivity index is 3.87. The quantitative estimate of drug-likeness (QED) is 0.566. The van der Waals surface area contributed by atoms with E-state index in [4.69, 9.17) is 0 Å². The summed E-state index contributed by atoms with van der Waals surface area (Å²) in [6.45, 7) is 1.62. The van der Waals surface area contributed by atoms with Gasteiger partial charge in [-0.15, -0.1) is 0 Å². The maximum Gasteiger partial charge on any atom is 0.390 e. The van der Waals surface area contributed by atoms with E-state index < -0.39 is 23.4 Å². The second-order valence-corrected chi connectivity index (χ2v) is 3.14. The highest BCUT2D eigenvalue weighted by Crippen LogP contribution is 2.25. The molecule has 0 aliphatic heterocycles. The molecule has 0 fully saturated rings. The molecule has 0 unspecified atom stereocenters. The molecule has 0 aromatic carbocycles. The van der Waals surface area contributed by atoms with Gasteiger partial charge in [0, 0.05) is 0 Å². The third kappa shape index (κ3) is 5.40. The van der Waals surface area contributed by atoms with Crippen LogP contribution in [0.1, 0.15) is 13.3 Å². The minimum absolute atomic E-state index is 0.0821. The van der Waals surface area contributed by atoms with Gasteiger partial charge >= 0.3 is 12.1 Å². The summed E-state index contributed by atoms with van der Waals surface area (Å²) >= 11 is 2.59. The van der Waals surface area contributed by atoms with Gasteiger partial charge in [-0.05, 0) is 6.92 Å². The lowest BCUT2D eigenvalue weighted by Gasteiger charge is -2.10. The topological polar surface area (TPSA) is 26.3 Å². The molecule has 0 spiro atoms. The summed E-state index contributed by atoms with van der Waals surface area (Å²) in [7, 11) is 0. The number of carbonyl (C=O) groups excluding carboxylic acids is 1. The van der Waals surface area contributed by atoms with Gasteiger partial charge in [0.2, 0.25) is 0 Å². The average molecular weight is 249 g/mol. The van der Waals surface area contributed by atoms with Gasteiger partial charge in [-0.25, -0.2) is 0 Å². The predicted octanol–water partition coefficient (Wildman–Crippen LogP) is 2.27. The number of esters is 1. The van der Waals surface area contributed by atoms with Gasteiger partial charge < -0.3 is 4.74 Å². The average Bonchev–Trinajstić information content (AvgIpc) is 1.84. The first-order chi connectivity index (χ1) is 5.37. The summed E-state index contributed by atoms with van der Waals surface area (Å²) in [6.07, 6.45) is -5.55. The lowest BCUT2D eigenvalue weighted by Crippen LogP contribution is -2.24. The highest BCUT2D eigenvalue weighted by molar-refractivity contribution is 9.10. The van der Waals surface area contributed by atoms with E-state index in [2.05, 4.69) is 20.7 Å². The minimum Gasteiger partial charge on any atom is -0.465 e. The number of alkyl halides is 4. The Bertz CT molecular complexity index is 157. The van der Waals surface area contributed by atoms with E-state index in [1.807, 2.05) is 0 Å². The normalized spacial score (nSPS) is 14.1. The molecule has 0 radical (unpaired) electrons. The highest BCUT2D eigenvalue weighted by atomic mass is 79.9. The van der Waals surface area contributed by atoms with Crippen molar-refractivity contribution >= 4 is 21.9 Å². The van der Waals surface area contributed by atoms with Crippen LogP contribution < -0.4 is 0 Å². The van der Waals surface area contributed by atoms with E-state index in [0.717, 1.165) is 0 Å². The molecule has 0 amide bonds. The van der Waals surface area contributed by atoms with Crippen molar-refractivity contribution in [3.05, 3.63) is 0 Å². The van der Waals surface area contributed by atoms with Crippen molar-refractivity contribution in [3.63, 3.8) is 0 Å². The van der Waals surface area contributed by atoms with Crippen LogP contribution in [0.2, 0.25) is 0 Å². The van der Waals surface area contributed by atoms with E-state index in [1.54, 1.807) is 0 Å². The lowest BCUT2D eigenvalue weighted by molar-refractivity contribution is -0.155. The van der Waals surface area contributed by atoms with Gasteiger partial charge in [0.1, 0.15) is 4.83 Å². The summed E-state index contributed by atoms with van der Waals surface area (Å²) in [6, 6.07) is 0. The molecule has 2 nitrogen and oxygen atoms in total. The Labute approximate surface area is 76.2 Å². The first-order valence-electron chi connectivity index (χ1n) is 3.24. The van der Waals surface area contributed by atoms with Gasteiger partial charge in [-0.2, -0.15) is 13.2 Å². The molecule has 1 atom stereocenters. The SMILES string of the molecule is CCOC(=O)[C@@H](Br)CC(F)(F)F. The first kappa shape index (κ1) is 11.7. The Hall–Kier alpha value is -0.260. The van der Waals surface area contributed by atoms with Gasteiger partial charge in [0.15, 0.2) is 0 Å². The molecule has 72 valence electrons. The Morgan fingerprint density at radius 3 is 2.42 bits per heavy atom. The van der Waals surface area contributed by atoms with Crippen LogP contribution in [0.3, 0.4) is 0 Å². The summed E-state index contributed by atoms with van der Waals surface area (Å²) < 4.78 is 39.4. The van der Waals surface area contributed by atoms with Crippen molar-refractivity contribution in [2.45, 2.75) is 24.3 Å². The molecule has 0 rings (SSSR count). The van der Waals surface area contributed by atoms with Crippen LogP contribution in [0, 0.1) is 0 Å². The van der Waals surface area contributed by atoms with Crippen LogP contribution in [0.5, 0.6) is 0 Å². The molecular formula is C6H8BrF3O2. The van der Waals surface area contributed by atoms with Gasteiger partial charge in [-0.3, -0.25) is 4.79 Å². The fourth-order valence-corrected chi connectivity index (χ4v) is 1.02. The molecule has 0 aliphatic rings. The lowest BCUT2D eigenvalue weighted by atomic mass is 10.3. The number of rotatable bonds is 3. The molecule has 0 aromatic rings. The zero-order chi connectivity index (χ0) is 9.78. The summed E-state index contributed by atoms with van der Waals surface area (Å²) in [5.41, 5.74) is 0. The fourth-order valence-electron chi connectivity index (χ4n) is 0.519. The van der Waals surface area contributed by atoms with E-state index in [1.165, 1.54) is 6.92 Å². The molecule has 0 bridgehead atoms. The predicted molar refractivity (Wildman–Crippen MR) is 40.0 cm³/mol. The molecule has 0 aromatic heterocycles. The van der Waals surface area contributed by atoms with Crippen molar-refractivity contribution < 1.29 is 22.7 Å². The summed E-state index contributed by atoms with van der Waals surface area (Å²) in [5.74, 6) is -0.880. The molecule has 0 saturated carbocycles. The first-order valence-corrected chi connectivity index (χ1v) is 4.16. The van der Waals surface area contributed by atoms with Crippen molar-refractivity contribution in [1.29, 1.82) is 0 Å². The van der Waals surface area contributed by atoms with Crippen LogP contribution in [-0.2, 0) is 9.53 Å². The molecule has 6 heteroatoms. The van der Waals surface area contributed by atoms with E-state index in [9.17, 15) is 18.0 Å². The van der Waals surface area contributed by atoms with E-state index in [0.29, 0.717) is 0 Å². The maximum absolute atomic E-state index is 11.7. The third-order valence-electron chi connectivity index (χ3n) is 0.953. The largest absolute Gasteiger partial charge is 0.465 e. The highest BCUT2D eigenvalue weighted by Gasteiger charge is 2.34. The van der Waals surface area contributed by atoms with Crippen LogP contribution in [0.25, 0.3) is 0 Å². The smallest absolute Gasteiger partial charge is 0.390 e. The fraction of sp³-hybridized carbons (Fsp3) is 0.833. The second-order valence-electron chi connectivity index (χ2n) is 2.04. The molecule has 0 saturated heterocycles. The molecule has 0 N–H and O–H groups in total. The minimum atomic E-state index is -4.35. The van der Waals surface area contributed by atoms with E-state index in [-0.39, 0.29) is 6.61 Å². The Morgan fingerprint density at radius 1 is 1.58 bits per heavy atom. The van der Waals surface area contributed by atoms with Crippen molar-refractivity contribution in [3.8, 4) is 0 Å². The van der Waals surface area contributed by atoms with Gasteiger partial charge in [0.05, 0.1) is 13.0 Å². The summed E-state index contributed by atoms with van der Waals surface area (Å²) in [5, 5.41) is 0. The van der Waals surface area contributed by atoms with Crippen LogP contribution in [-0.4, -0.2) is 23.6 Å². The van der Waals surface area contributed by atoms with Crippen molar-refractivity contribution in [2.24, 2.45) is 0 Å². The number of halogens is 4. The zero-order valence-electron chi connectivity index (χ0n) is 6.32. The van der Waals surface area contributed by atoms with Crippen LogP contribution in [0.15, 0.2) is 0 Å².